The van der Waals surface area contributed by atoms with Gasteiger partial charge in [0.05, 0.1) is 5.92 Å². The lowest BCUT2D eigenvalue weighted by Gasteiger charge is -2.26. The van der Waals surface area contributed by atoms with Crippen LogP contribution in [0.3, 0.4) is 0 Å². The summed E-state index contributed by atoms with van der Waals surface area (Å²) in [4.78, 5) is 11.9. The van der Waals surface area contributed by atoms with Gasteiger partial charge in [0, 0.05) is 16.6 Å². The summed E-state index contributed by atoms with van der Waals surface area (Å²) in [5.41, 5.74) is 6.78. The van der Waals surface area contributed by atoms with Crippen molar-refractivity contribution in [2.75, 3.05) is 0 Å². The van der Waals surface area contributed by atoms with Gasteiger partial charge in [0.1, 0.15) is 6.61 Å². The summed E-state index contributed by atoms with van der Waals surface area (Å²) in [5, 5.41) is 0.623. The molecular weight excluding hydrogens is 250 g/mol. The molecule has 2 N–H and O–H groups in total. The van der Waals surface area contributed by atoms with Crippen LogP contribution in [0.1, 0.15) is 31.2 Å². The minimum absolute atomic E-state index is 0.0579. The summed E-state index contributed by atoms with van der Waals surface area (Å²) in [6, 6.07) is 7.32. The quantitative estimate of drug-likeness (QED) is 0.857. The van der Waals surface area contributed by atoms with Crippen molar-refractivity contribution in [3.8, 4) is 0 Å². The van der Waals surface area contributed by atoms with Crippen molar-refractivity contribution in [1.82, 2.24) is 0 Å². The summed E-state index contributed by atoms with van der Waals surface area (Å²) in [6.07, 6.45) is 3.91. The van der Waals surface area contributed by atoms with Crippen molar-refractivity contribution in [3.05, 3.63) is 34.9 Å². The minimum atomic E-state index is -0.192. The average molecular weight is 268 g/mol. The molecule has 1 aromatic rings. The van der Waals surface area contributed by atoms with Crippen LogP contribution in [0.2, 0.25) is 5.02 Å². The maximum atomic E-state index is 11.9. The molecule has 2 unspecified atom stereocenters. The van der Waals surface area contributed by atoms with Gasteiger partial charge in [-0.05, 0) is 18.9 Å². The van der Waals surface area contributed by atoms with E-state index in [0.717, 1.165) is 31.2 Å². The molecule has 18 heavy (non-hydrogen) atoms. The Morgan fingerprint density at radius 2 is 2.06 bits per heavy atom. The zero-order chi connectivity index (χ0) is 13.0. The summed E-state index contributed by atoms with van der Waals surface area (Å²) in [5.74, 6) is -0.344. The van der Waals surface area contributed by atoms with Crippen LogP contribution in [0.4, 0.5) is 0 Å². The van der Waals surface area contributed by atoms with Gasteiger partial charge in [-0.1, -0.05) is 42.6 Å². The Kier molecular flexibility index (Phi) is 4.61. The number of carbonyl (C=O) groups is 1. The first-order chi connectivity index (χ1) is 8.68. The average Bonchev–Trinajstić information content (AvgIpc) is 2.38. The van der Waals surface area contributed by atoms with E-state index < -0.39 is 0 Å². The van der Waals surface area contributed by atoms with Crippen LogP contribution < -0.4 is 5.73 Å². The number of ether oxygens (including phenoxy) is 1. The lowest BCUT2D eigenvalue weighted by Crippen LogP contribution is -2.38. The SMILES string of the molecule is NC1CCCCC1C(=O)OCc1ccccc1Cl. The molecule has 1 aliphatic rings. The number of carbonyl (C=O) groups excluding carboxylic acids is 1. The van der Waals surface area contributed by atoms with Crippen LogP contribution in [0.15, 0.2) is 24.3 Å². The van der Waals surface area contributed by atoms with Crippen LogP contribution in [-0.4, -0.2) is 12.0 Å². The molecule has 1 aromatic carbocycles. The third-order valence-electron chi connectivity index (χ3n) is 3.45. The molecule has 0 radical (unpaired) electrons. The Bertz CT molecular complexity index is 422. The van der Waals surface area contributed by atoms with E-state index in [2.05, 4.69) is 0 Å². The topological polar surface area (TPSA) is 52.3 Å². The van der Waals surface area contributed by atoms with Gasteiger partial charge < -0.3 is 10.5 Å². The van der Waals surface area contributed by atoms with E-state index >= 15 is 0 Å². The van der Waals surface area contributed by atoms with E-state index in [4.69, 9.17) is 22.1 Å². The number of rotatable bonds is 3. The molecule has 2 rings (SSSR count). The van der Waals surface area contributed by atoms with Crippen LogP contribution >= 0.6 is 11.6 Å². The van der Waals surface area contributed by atoms with E-state index in [1.54, 1.807) is 6.07 Å². The predicted octanol–water partition coefficient (Wildman–Crippen LogP) is 2.90. The van der Waals surface area contributed by atoms with Gasteiger partial charge in [0.25, 0.3) is 0 Å². The first-order valence-electron chi connectivity index (χ1n) is 6.34. The lowest BCUT2D eigenvalue weighted by molar-refractivity contribution is -0.151. The van der Waals surface area contributed by atoms with Crippen molar-refractivity contribution in [3.63, 3.8) is 0 Å². The van der Waals surface area contributed by atoms with Gasteiger partial charge in [-0.15, -0.1) is 0 Å². The van der Waals surface area contributed by atoms with Gasteiger partial charge in [0.2, 0.25) is 0 Å². The second-order valence-electron chi connectivity index (χ2n) is 4.75. The molecule has 0 heterocycles. The molecule has 0 aliphatic heterocycles. The van der Waals surface area contributed by atoms with Gasteiger partial charge in [-0.2, -0.15) is 0 Å². The fourth-order valence-electron chi connectivity index (χ4n) is 2.32. The minimum Gasteiger partial charge on any atom is -0.460 e. The Hall–Kier alpha value is -1.06. The van der Waals surface area contributed by atoms with Crippen molar-refractivity contribution in [2.45, 2.75) is 38.3 Å². The molecule has 98 valence electrons. The van der Waals surface area contributed by atoms with Gasteiger partial charge in [-0.25, -0.2) is 0 Å². The van der Waals surface area contributed by atoms with Crippen LogP contribution in [-0.2, 0) is 16.1 Å². The summed E-state index contributed by atoms with van der Waals surface area (Å²) < 4.78 is 5.32. The van der Waals surface area contributed by atoms with E-state index in [-0.39, 0.29) is 24.5 Å². The highest BCUT2D eigenvalue weighted by Gasteiger charge is 2.29. The maximum absolute atomic E-state index is 11.9. The fraction of sp³-hybridized carbons (Fsp3) is 0.500. The first-order valence-corrected chi connectivity index (χ1v) is 6.72. The summed E-state index contributed by atoms with van der Waals surface area (Å²) in [7, 11) is 0. The van der Waals surface area contributed by atoms with Gasteiger partial charge in [0.15, 0.2) is 0 Å². The molecule has 0 aromatic heterocycles. The largest absolute Gasteiger partial charge is 0.460 e. The molecule has 0 bridgehead atoms. The molecule has 0 saturated heterocycles. The Labute approximate surface area is 112 Å². The van der Waals surface area contributed by atoms with Crippen molar-refractivity contribution >= 4 is 17.6 Å². The van der Waals surface area contributed by atoms with E-state index in [1.165, 1.54) is 0 Å². The molecule has 1 fully saturated rings. The lowest BCUT2D eigenvalue weighted by atomic mass is 9.85. The molecule has 1 saturated carbocycles. The van der Waals surface area contributed by atoms with Crippen molar-refractivity contribution in [1.29, 1.82) is 0 Å². The van der Waals surface area contributed by atoms with Crippen LogP contribution in [0.5, 0.6) is 0 Å². The monoisotopic (exact) mass is 267 g/mol. The van der Waals surface area contributed by atoms with Gasteiger partial charge in [-0.3, -0.25) is 4.79 Å². The molecule has 0 amide bonds. The Morgan fingerprint density at radius 3 is 2.78 bits per heavy atom. The standard InChI is InChI=1S/C14H18ClNO2/c15-12-7-3-1-5-10(12)9-18-14(17)11-6-2-4-8-13(11)16/h1,3,5,7,11,13H,2,4,6,8-9,16H2. The summed E-state index contributed by atoms with van der Waals surface area (Å²) in [6.45, 7) is 0.224. The van der Waals surface area contributed by atoms with Crippen molar-refractivity contribution < 1.29 is 9.53 Å². The molecule has 1 aliphatic carbocycles. The van der Waals surface area contributed by atoms with Gasteiger partial charge >= 0.3 is 5.97 Å². The number of nitrogens with two attached hydrogens (primary N) is 1. The highest BCUT2D eigenvalue weighted by atomic mass is 35.5. The fourth-order valence-corrected chi connectivity index (χ4v) is 2.51. The second kappa shape index (κ2) is 6.21. The van der Waals surface area contributed by atoms with E-state index in [9.17, 15) is 4.79 Å². The normalized spacial score (nSPS) is 23.7. The number of hydrogen-bond acceptors (Lipinski definition) is 3. The number of esters is 1. The zero-order valence-electron chi connectivity index (χ0n) is 10.3. The molecule has 2 atom stereocenters. The first kappa shape index (κ1) is 13.4. The van der Waals surface area contributed by atoms with E-state index in [1.807, 2.05) is 18.2 Å². The summed E-state index contributed by atoms with van der Waals surface area (Å²) >= 11 is 6.01. The highest BCUT2D eigenvalue weighted by molar-refractivity contribution is 6.31. The Morgan fingerprint density at radius 1 is 1.33 bits per heavy atom. The molecule has 3 nitrogen and oxygen atoms in total. The molecule has 4 heteroatoms. The second-order valence-corrected chi connectivity index (χ2v) is 5.16. The highest BCUT2D eigenvalue weighted by Crippen LogP contribution is 2.25. The van der Waals surface area contributed by atoms with Crippen LogP contribution in [0.25, 0.3) is 0 Å². The molecule has 0 spiro atoms. The number of halogens is 1. The van der Waals surface area contributed by atoms with Crippen LogP contribution in [0, 0.1) is 5.92 Å². The smallest absolute Gasteiger partial charge is 0.310 e. The molecular formula is C14H18ClNO2. The third-order valence-corrected chi connectivity index (χ3v) is 3.82. The zero-order valence-corrected chi connectivity index (χ0v) is 11.0. The van der Waals surface area contributed by atoms with Crippen molar-refractivity contribution in [2.24, 2.45) is 11.7 Å². The maximum Gasteiger partial charge on any atom is 0.310 e. The Balaban J connectivity index is 1.90. The number of hydrogen-bond donors (Lipinski definition) is 1. The predicted molar refractivity (Wildman–Crippen MR) is 71.2 cm³/mol. The third kappa shape index (κ3) is 3.24. The number of benzene rings is 1. The van der Waals surface area contributed by atoms with E-state index in [0.29, 0.717) is 5.02 Å².